The Kier molecular flexibility index (Phi) is 2.00. The topological polar surface area (TPSA) is 46.5 Å². The summed E-state index contributed by atoms with van der Waals surface area (Å²) in [5.74, 6) is 0.595. The Morgan fingerprint density at radius 2 is 2.56 bits per heavy atom. The number of rotatable bonds is 2. The molecule has 1 aliphatic heterocycles. The number of amides is 1. The number of hydrogen-bond donors (Lipinski definition) is 0. The molecule has 0 aromatic carbocycles. The predicted molar refractivity (Wildman–Crippen MR) is 36.0 cm³/mol. The molecule has 1 aliphatic rings. The standard InChI is InChI=1S/C5H5NO2S/c7-2-1-4-3-9-5(8)6-4/h2H,1,3H2. The molecule has 1 rings (SSSR count). The SMILES string of the molecule is O=CCC1=NC(=O)SC1. The third-order valence-corrected chi connectivity index (χ3v) is 1.75. The van der Waals surface area contributed by atoms with E-state index in [1.807, 2.05) is 0 Å². The average Bonchev–Trinajstić information content (AvgIpc) is 2.17. The third kappa shape index (κ3) is 1.64. The van der Waals surface area contributed by atoms with E-state index < -0.39 is 0 Å². The second-order valence-electron chi connectivity index (χ2n) is 1.60. The summed E-state index contributed by atoms with van der Waals surface area (Å²) in [7, 11) is 0. The zero-order valence-corrected chi connectivity index (χ0v) is 5.48. The van der Waals surface area contributed by atoms with Crippen molar-refractivity contribution < 1.29 is 9.59 Å². The van der Waals surface area contributed by atoms with Gasteiger partial charge >= 0.3 is 5.24 Å². The fourth-order valence-corrected chi connectivity index (χ4v) is 1.21. The Balaban J connectivity index is 2.51. The molecule has 0 bridgehead atoms. The summed E-state index contributed by atoms with van der Waals surface area (Å²) in [6, 6.07) is 0. The van der Waals surface area contributed by atoms with Crippen molar-refractivity contribution in [3.8, 4) is 0 Å². The van der Waals surface area contributed by atoms with Crippen LogP contribution in [0.1, 0.15) is 6.42 Å². The molecule has 9 heavy (non-hydrogen) atoms. The second kappa shape index (κ2) is 2.77. The highest BCUT2D eigenvalue weighted by atomic mass is 32.2. The van der Waals surface area contributed by atoms with Crippen molar-refractivity contribution in [1.29, 1.82) is 0 Å². The van der Waals surface area contributed by atoms with Crippen LogP contribution in [0, 0.1) is 0 Å². The van der Waals surface area contributed by atoms with Gasteiger partial charge in [0.2, 0.25) is 0 Å². The molecule has 0 aromatic heterocycles. The van der Waals surface area contributed by atoms with E-state index in [0.717, 1.165) is 18.0 Å². The highest BCUT2D eigenvalue weighted by Gasteiger charge is 2.12. The molecular formula is C5H5NO2S. The molecule has 0 aliphatic carbocycles. The third-order valence-electron chi connectivity index (χ3n) is 0.931. The smallest absolute Gasteiger partial charge is 0.303 e. The molecular weight excluding hydrogens is 138 g/mol. The molecule has 0 fully saturated rings. The van der Waals surface area contributed by atoms with Crippen LogP contribution in [0.25, 0.3) is 0 Å². The summed E-state index contributed by atoms with van der Waals surface area (Å²) in [5, 5.41) is -0.174. The van der Waals surface area contributed by atoms with Gasteiger partial charge in [-0.3, -0.25) is 4.79 Å². The first kappa shape index (κ1) is 6.48. The maximum absolute atomic E-state index is 10.4. The minimum atomic E-state index is -0.174. The van der Waals surface area contributed by atoms with Crippen LogP contribution in [-0.4, -0.2) is 23.0 Å². The van der Waals surface area contributed by atoms with Crippen molar-refractivity contribution in [2.45, 2.75) is 6.42 Å². The zero-order chi connectivity index (χ0) is 6.69. The number of nitrogens with zero attached hydrogens (tertiary/aromatic N) is 1. The molecule has 1 amide bonds. The molecule has 0 aromatic rings. The summed E-state index contributed by atoms with van der Waals surface area (Å²) in [5.41, 5.74) is 0.694. The van der Waals surface area contributed by atoms with Crippen molar-refractivity contribution in [2.75, 3.05) is 5.75 Å². The van der Waals surface area contributed by atoms with Crippen LogP contribution in [0.5, 0.6) is 0 Å². The minimum Gasteiger partial charge on any atom is -0.303 e. The van der Waals surface area contributed by atoms with Crippen molar-refractivity contribution >= 4 is 29.0 Å². The largest absolute Gasteiger partial charge is 0.305 e. The molecule has 1 heterocycles. The average molecular weight is 143 g/mol. The van der Waals surface area contributed by atoms with Gasteiger partial charge < -0.3 is 4.79 Å². The fourth-order valence-electron chi connectivity index (χ4n) is 0.539. The van der Waals surface area contributed by atoms with E-state index in [-0.39, 0.29) is 5.24 Å². The van der Waals surface area contributed by atoms with Crippen LogP contribution in [0.2, 0.25) is 0 Å². The lowest BCUT2D eigenvalue weighted by atomic mass is 10.3. The summed E-state index contributed by atoms with van der Waals surface area (Å²) in [6.07, 6.45) is 1.07. The molecule has 0 spiro atoms. The van der Waals surface area contributed by atoms with Crippen LogP contribution >= 0.6 is 11.8 Å². The van der Waals surface area contributed by atoms with Crippen LogP contribution in [0.4, 0.5) is 4.79 Å². The van der Waals surface area contributed by atoms with Gasteiger partial charge in [0, 0.05) is 17.9 Å². The van der Waals surface area contributed by atoms with E-state index in [9.17, 15) is 9.59 Å². The summed E-state index contributed by atoms with van der Waals surface area (Å²) in [4.78, 5) is 23.8. The Hall–Kier alpha value is -0.640. The molecule has 0 atom stereocenters. The highest BCUT2D eigenvalue weighted by Crippen LogP contribution is 2.14. The van der Waals surface area contributed by atoms with Crippen LogP contribution in [0.15, 0.2) is 4.99 Å². The minimum absolute atomic E-state index is 0.174. The first-order chi connectivity index (χ1) is 4.33. The monoisotopic (exact) mass is 143 g/mol. The lowest BCUT2D eigenvalue weighted by Crippen LogP contribution is -1.96. The quantitative estimate of drug-likeness (QED) is 0.539. The summed E-state index contributed by atoms with van der Waals surface area (Å²) < 4.78 is 0. The number of aldehydes is 1. The lowest BCUT2D eigenvalue weighted by Gasteiger charge is -1.83. The number of thioether (sulfide) groups is 1. The molecule has 0 saturated carbocycles. The molecule has 4 heteroatoms. The van der Waals surface area contributed by atoms with E-state index in [1.54, 1.807) is 0 Å². The van der Waals surface area contributed by atoms with Crippen molar-refractivity contribution in [3.63, 3.8) is 0 Å². The van der Waals surface area contributed by atoms with Gasteiger partial charge in [0.25, 0.3) is 0 Å². The first-order valence-corrected chi connectivity index (χ1v) is 3.48. The van der Waals surface area contributed by atoms with Crippen molar-refractivity contribution in [2.24, 2.45) is 4.99 Å². The number of carbonyl (C=O) groups excluding carboxylic acids is 2. The molecule has 0 radical (unpaired) electrons. The predicted octanol–water partition coefficient (Wildman–Crippen LogP) is 0.883. The summed E-state index contributed by atoms with van der Waals surface area (Å²) in [6.45, 7) is 0. The van der Waals surface area contributed by atoms with Crippen LogP contribution in [0.3, 0.4) is 0 Å². The Labute approximate surface area is 56.5 Å². The molecule has 3 nitrogen and oxygen atoms in total. The van der Waals surface area contributed by atoms with Gasteiger partial charge in [-0.1, -0.05) is 11.8 Å². The highest BCUT2D eigenvalue weighted by molar-refractivity contribution is 8.14. The maximum Gasteiger partial charge on any atom is 0.305 e. The van der Waals surface area contributed by atoms with E-state index in [0.29, 0.717) is 17.9 Å². The first-order valence-electron chi connectivity index (χ1n) is 2.50. The van der Waals surface area contributed by atoms with E-state index in [2.05, 4.69) is 4.99 Å². The van der Waals surface area contributed by atoms with E-state index in [1.165, 1.54) is 0 Å². The van der Waals surface area contributed by atoms with Gasteiger partial charge in [0.05, 0.1) is 0 Å². The Bertz CT molecular complexity index is 176. The fraction of sp³-hybridized carbons (Fsp3) is 0.400. The maximum atomic E-state index is 10.4. The van der Waals surface area contributed by atoms with Crippen molar-refractivity contribution in [3.05, 3.63) is 0 Å². The second-order valence-corrected chi connectivity index (χ2v) is 2.53. The van der Waals surface area contributed by atoms with Crippen LogP contribution < -0.4 is 0 Å². The van der Waals surface area contributed by atoms with Gasteiger partial charge in [-0.25, -0.2) is 4.99 Å². The lowest BCUT2D eigenvalue weighted by molar-refractivity contribution is -0.106. The molecule has 0 saturated heterocycles. The number of carbonyl (C=O) groups is 2. The van der Waals surface area contributed by atoms with Gasteiger partial charge in [-0.15, -0.1) is 0 Å². The molecule has 0 unspecified atom stereocenters. The van der Waals surface area contributed by atoms with Gasteiger partial charge in [0.1, 0.15) is 6.29 Å². The number of hydrogen-bond acceptors (Lipinski definition) is 3. The normalized spacial score (nSPS) is 17.8. The van der Waals surface area contributed by atoms with Crippen LogP contribution in [-0.2, 0) is 4.79 Å². The van der Waals surface area contributed by atoms with Gasteiger partial charge in [-0.05, 0) is 0 Å². The van der Waals surface area contributed by atoms with E-state index >= 15 is 0 Å². The van der Waals surface area contributed by atoms with Gasteiger partial charge in [-0.2, -0.15) is 0 Å². The Morgan fingerprint density at radius 1 is 1.78 bits per heavy atom. The Morgan fingerprint density at radius 3 is 3.00 bits per heavy atom. The summed E-state index contributed by atoms with van der Waals surface area (Å²) >= 11 is 1.14. The zero-order valence-electron chi connectivity index (χ0n) is 4.66. The molecule has 48 valence electrons. The molecule has 0 N–H and O–H groups in total. The van der Waals surface area contributed by atoms with E-state index in [4.69, 9.17) is 0 Å². The van der Waals surface area contributed by atoms with Crippen molar-refractivity contribution in [1.82, 2.24) is 0 Å². The van der Waals surface area contributed by atoms with Gasteiger partial charge in [0.15, 0.2) is 0 Å². The number of aliphatic imine (C=N–C) groups is 1.